The molecule has 0 unspecified atom stereocenters. The zero-order valence-corrected chi connectivity index (χ0v) is 11.1. The Kier molecular flexibility index (Phi) is 6.34. The van der Waals surface area contributed by atoms with Crippen molar-refractivity contribution in [2.75, 3.05) is 25.4 Å². The van der Waals surface area contributed by atoms with Gasteiger partial charge in [-0.2, -0.15) is 0 Å². The summed E-state index contributed by atoms with van der Waals surface area (Å²) in [5.41, 5.74) is 7.71. The van der Waals surface area contributed by atoms with Gasteiger partial charge in [0.2, 0.25) is 0 Å². The van der Waals surface area contributed by atoms with Crippen LogP contribution in [-0.4, -0.2) is 29.7 Å². The molecule has 17 heavy (non-hydrogen) atoms. The van der Waals surface area contributed by atoms with Gasteiger partial charge in [0, 0.05) is 23.8 Å². The van der Waals surface area contributed by atoms with Crippen molar-refractivity contribution in [1.82, 2.24) is 4.90 Å². The zero-order chi connectivity index (χ0) is 12.7. The number of hydrogen-bond donors (Lipinski definition) is 2. The Labute approximate surface area is 108 Å². The van der Waals surface area contributed by atoms with Gasteiger partial charge in [0.25, 0.3) is 0 Å². The molecule has 0 amide bonds. The maximum atomic E-state index is 9.03. The summed E-state index contributed by atoms with van der Waals surface area (Å²) in [7, 11) is 0. The lowest BCUT2D eigenvalue weighted by Gasteiger charge is -2.22. The highest BCUT2D eigenvalue weighted by molar-refractivity contribution is 6.30. The molecule has 0 heterocycles. The van der Waals surface area contributed by atoms with Crippen molar-refractivity contribution in [2.45, 2.75) is 26.3 Å². The second-order valence-electron chi connectivity index (χ2n) is 4.20. The highest BCUT2D eigenvalue weighted by Gasteiger charge is 2.07. The number of anilines is 1. The first-order valence-corrected chi connectivity index (χ1v) is 6.42. The molecule has 3 N–H and O–H groups in total. The van der Waals surface area contributed by atoms with Crippen LogP contribution in [0.1, 0.15) is 25.3 Å². The van der Waals surface area contributed by atoms with Crippen molar-refractivity contribution in [2.24, 2.45) is 0 Å². The third-order valence-corrected chi connectivity index (χ3v) is 2.98. The quantitative estimate of drug-likeness (QED) is 0.737. The minimum atomic E-state index is 0.178. The number of aliphatic hydroxyl groups is 1. The van der Waals surface area contributed by atoms with E-state index >= 15 is 0 Å². The van der Waals surface area contributed by atoms with E-state index in [2.05, 4.69) is 11.8 Å². The highest BCUT2D eigenvalue weighted by Crippen LogP contribution is 2.19. The molecule has 0 saturated heterocycles. The summed E-state index contributed by atoms with van der Waals surface area (Å²) in [4.78, 5) is 2.21. The van der Waals surface area contributed by atoms with E-state index in [1.54, 1.807) is 6.07 Å². The molecule has 0 atom stereocenters. The molecule has 1 aromatic rings. The van der Waals surface area contributed by atoms with Crippen molar-refractivity contribution < 1.29 is 5.11 Å². The number of halogens is 1. The van der Waals surface area contributed by atoms with Crippen LogP contribution in [0, 0.1) is 0 Å². The lowest BCUT2D eigenvalue weighted by molar-refractivity contribution is 0.188. The second-order valence-corrected chi connectivity index (χ2v) is 4.63. The van der Waals surface area contributed by atoms with E-state index < -0.39 is 0 Å². The number of rotatable bonds is 7. The topological polar surface area (TPSA) is 49.5 Å². The van der Waals surface area contributed by atoms with Crippen LogP contribution in [0.15, 0.2) is 18.2 Å². The second kappa shape index (κ2) is 7.54. The van der Waals surface area contributed by atoms with E-state index in [0.717, 1.165) is 37.2 Å². The van der Waals surface area contributed by atoms with Crippen LogP contribution in [0.25, 0.3) is 0 Å². The van der Waals surface area contributed by atoms with Gasteiger partial charge in [-0.1, -0.05) is 31.0 Å². The third-order valence-electron chi connectivity index (χ3n) is 2.75. The van der Waals surface area contributed by atoms with E-state index in [1.807, 2.05) is 12.1 Å². The summed E-state index contributed by atoms with van der Waals surface area (Å²) >= 11 is 5.86. The molecule has 0 bridgehead atoms. The van der Waals surface area contributed by atoms with Crippen LogP contribution < -0.4 is 5.73 Å². The van der Waals surface area contributed by atoms with Gasteiger partial charge in [-0.25, -0.2) is 0 Å². The molecule has 1 rings (SSSR count). The molecular weight excluding hydrogens is 236 g/mol. The third kappa shape index (κ3) is 4.94. The summed E-state index contributed by atoms with van der Waals surface area (Å²) in [5.74, 6) is 0. The molecule has 0 radical (unpaired) electrons. The Morgan fingerprint density at radius 1 is 1.35 bits per heavy atom. The first kappa shape index (κ1) is 14.3. The molecule has 3 nitrogen and oxygen atoms in total. The first-order valence-electron chi connectivity index (χ1n) is 6.04. The minimum Gasteiger partial charge on any atom is -0.398 e. The van der Waals surface area contributed by atoms with Crippen LogP contribution in [0.2, 0.25) is 5.02 Å². The Hall–Kier alpha value is -0.770. The Bertz CT molecular complexity index is 344. The van der Waals surface area contributed by atoms with Crippen molar-refractivity contribution in [3.8, 4) is 0 Å². The molecule has 0 aliphatic carbocycles. The fourth-order valence-corrected chi connectivity index (χ4v) is 1.92. The molecule has 0 aromatic heterocycles. The van der Waals surface area contributed by atoms with Crippen LogP contribution in [0.3, 0.4) is 0 Å². The monoisotopic (exact) mass is 256 g/mol. The van der Waals surface area contributed by atoms with Gasteiger partial charge in [0.15, 0.2) is 0 Å². The minimum absolute atomic E-state index is 0.178. The molecule has 96 valence electrons. The van der Waals surface area contributed by atoms with E-state index in [4.69, 9.17) is 22.4 Å². The average molecular weight is 257 g/mol. The van der Waals surface area contributed by atoms with Gasteiger partial charge in [-0.3, -0.25) is 4.90 Å². The predicted octanol–water partition coefficient (Wildman–Crippen LogP) is 2.52. The van der Waals surface area contributed by atoms with E-state index in [-0.39, 0.29) is 6.61 Å². The molecule has 0 aliphatic heterocycles. The smallest absolute Gasteiger partial charge is 0.0558 e. The molecular formula is C13H21ClN2O. The van der Waals surface area contributed by atoms with Crippen molar-refractivity contribution in [1.29, 1.82) is 0 Å². The maximum absolute atomic E-state index is 9.03. The SMILES string of the molecule is CCCCN(CCO)Cc1ccc(Cl)cc1N. The Morgan fingerprint density at radius 3 is 2.71 bits per heavy atom. The largest absolute Gasteiger partial charge is 0.398 e. The molecule has 1 aromatic carbocycles. The fraction of sp³-hybridized carbons (Fsp3) is 0.538. The van der Waals surface area contributed by atoms with Crippen LogP contribution in [0.4, 0.5) is 5.69 Å². The number of unbranched alkanes of at least 4 members (excludes halogenated alkanes) is 1. The van der Waals surface area contributed by atoms with Crippen LogP contribution in [-0.2, 0) is 6.54 Å². The standard InChI is InChI=1S/C13H21ClN2O/c1-2-3-6-16(7-8-17)10-11-4-5-12(14)9-13(11)15/h4-5,9,17H,2-3,6-8,10,15H2,1H3. The van der Waals surface area contributed by atoms with Gasteiger partial charge < -0.3 is 10.8 Å². The number of hydrogen-bond acceptors (Lipinski definition) is 3. The summed E-state index contributed by atoms with van der Waals surface area (Å²) in [6.07, 6.45) is 2.28. The van der Waals surface area contributed by atoms with Crippen molar-refractivity contribution in [3.63, 3.8) is 0 Å². The van der Waals surface area contributed by atoms with Gasteiger partial charge in [-0.05, 0) is 30.7 Å². The molecule has 0 spiro atoms. The molecule has 0 fully saturated rings. The van der Waals surface area contributed by atoms with Gasteiger partial charge in [0.05, 0.1) is 6.61 Å². The van der Waals surface area contributed by atoms with Crippen molar-refractivity contribution >= 4 is 17.3 Å². The van der Waals surface area contributed by atoms with E-state index in [9.17, 15) is 0 Å². The lowest BCUT2D eigenvalue weighted by Crippen LogP contribution is -2.27. The Morgan fingerprint density at radius 2 is 2.12 bits per heavy atom. The highest BCUT2D eigenvalue weighted by atomic mass is 35.5. The fourth-order valence-electron chi connectivity index (χ4n) is 1.74. The Balaban J connectivity index is 2.64. The van der Waals surface area contributed by atoms with E-state index in [0.29, 0.717) is 11.6 Å². The first-order chi connectivity index (χ1) is 8.17. The van der Waals surface area contributed by atoms with E-state index in [1.165, 1.54) is 0 Å². The van der Waals surface area contributed by atoms with Gasteiger partial charge in [-0.15, -0.1) is 0 Å². The average Bonchev–Trinajstić information content (AvgIpc) is 2.29. The summed E-state index contributed by atoms with van der Waals surface area (Å²) in [6, 6.07) is 5.58. The molecule has 0 saturated carbocycles. The number of nitrogen functional groups attached to an aromatic ring is 1. The predicted molar refractivity (Wildman–Crippen MR) is 73.1 cm³/mol. The molecule has 4 heteroatoms. The number of benzene rings is 1. The van der Waals surface area contributed by atoms with Gasteiger partial charge in [0.1, 0.15) is 0 Å². The van der Waals surface area contributed by atoms with Crippen LogP contribution in [0.5, 0.6) is 0 Å². The van der Waals surface area contributed by atoms with Crippen molar-refractivity contribution in [3.05, 3.63) is 28.8 Å². The zero-order valence-electron chi connectivity index (χ0n) is 10.3. The number of nitrogens with two attached hydrogens (primary N) is 1. The summed E-state index contributed by atoms with van der Waals surface area (Å²) < 4.78 is 0. The van der Waals surface area contributed by atoms with Gasteiger partial charge >= 0.3 is 0 Å². The molecule has 0 aliphatic rings. The number of aliphatic hydroxyl groups excluding tert-OH is 1. The lowest BCUT2D eigenvalue weighted by atomic mass is 10.1. The maximum Gasteiger partial charge on any atom is 0.0558 e. The normalized spacial score (nSPS) is 11.1. The van der Waals surface area contributed by atoms with Crippen LogP contribution >= 0.6 is 11.6 Å². The summed E-state index contributed by atoms with van der Waals surface area (Å²) in [5, 5.41) is 9.69. The number of nitrogens with zero attached hydrogens (tertiary/aromatic N) is 1. The summed E-state index contributed by atoms with van der Waals surface area (Å²) in [6.45, 7) is 4.77.